The Morgan fingerprint density at radius 2 is 1.93 bits per heavy atom. The quantitative estimate of drug-likeness (QED) is 0.529. The molecule has 0 aliphatic heterocycles. The van der Waals surface area contributed by atoms with Crippen LogP contribution in [0.1, 0.15) is 17.1 Å². The second-order valence-electron chi connectivity index (χ2n) is 6.48. The van der Waals surface area contributed by atoms with E-state index in [0.29, 0.717) is 18.1 Å². The van der Waals surface area contributed by atoms with Crippen LogP contribution in [0.2, 0.25) is 0 Å². The molecule has 1 N–H and O–H groups in total. The van der Waals surface area contributed by atoms with Crippen molar-refractivity contribution in [2.75, 3.05) is 12.4 Å². The molecule has 0 atom stereocenters. The number of benzene rings is 1. The van der Waals surface area contributed by atoms with Crippen LogP contribution in [0.15, 0.2) is 48.9 Å². The van der Waals surface area contributed by atoms with Gasteiger partial charge < -0.3 is 10.1 Å². The number of pyridine rings is 1. The number of hydrogen-bond acceptors (Lipinski definition) is 6. The van der Waals surface area contributed by atoms with Crippen molar-refractivity contribution in [1.29, 1.82) is 0 Å². The van der Waals surface area contributed by atoms with Crippen molar-refractivity contribution in [3.63, 3.8) is 0 Å². The first-order chi connectivity index (χ1) is 14.4. The van der Waals surface area contributed by atoms with E-state index in [1.54, 1.807) is 12.3 Å². The Morgan fingerprint density at radius 3 is 2.60 bits per heavy atom. The third-order valence-corrected chi connectivity index (χ3v) is 4.56. The van der Waals surface area contributed by atoms with E-state index >= 15 is 0 Å². The normalized spacial score (nSPS) is 11.6. The minimum absolute atomic E-state index is 0.0121. The molecule has 1 aromatic carbocycles. The second-order valence-corrected chi connectivity index (χ2v) is 6.48. The lowest BCUT2D eigenvalue weighted by Crippen LogP contribution is -2.15. The van der Waals surface area contributed by atoms with Gasteiger partial charge in [-0.2, -0.15) is 13.2 Å². The van der Waals surface area contributed by atoms with Crippen molar-refractivity contribution in [3.05, 3.63) is 66.0 Å². The summed E-state index contributed by atoms with van der Waals surface area (Å²) in [5.41, 5.74) is 2.27. The summed E-state index contributed by atoms with van der Waals surface area (Å²) in [5, 5.41) is 3.09. The fraction of sp³-hybridized carbons (Fsp3) is 0.200. The molecule has 0 unspecified atom stereocenters. The van der Waals surface area contributed by atoms with Crippen molar-refractivity contribution >= 4 is 16.9 Å². The number of hydrogen-bond donors (Lipinski definition) is 1. The van der Waals surface area contributed by atoms with E-state index in [2.05, 4.69) is 25.3 Å². The predicted molar refractivity (Wildman–Crippen MR) is 105 cm³/mol. The second kappa shape index (κ2) is 7.62. The number of fused-ring (bicyclic) bond motifs is 1. The summed E-state index contributed by atoms with van der Waals surface area (Å²) in [6.07, 6.45) is -0.297. The monoisotopic (exact) mass is 414 g/mol. The highest BCUT2D eigenvalue weighted by atomic mass is 19.4. The van der Waals surface area contributed by atoms with Gasteiger partial charge in [-0.05, 0) is 30.7 Å². The largest absolute Gasteiger partial charge is 0.497 e. The van der Waals surface area contributed by atoms with E-state index in [4.69, 9.17) is 4.74 Å². The Balaban J connectivity index is 1.67. The molecule has 0 aliphatic rings. The van der Waals surface area contributed by atoms with E-state index in [9.17, 15) is 13.2 Å². The standard InChI is InChI=1S/C20H17F3N6O/c1-12-13(4-3-7-24-12)9-25-17-10-27-18(11-26-17)29-16-6-5-14(30-2)8-15(16)28-19(29)20(21,22)23/h3-8,10-11H,9H2,1-2H3,(H,25,26). The molecule has 0 spiro atoms. The summed E-state index contributed by atoms with van der Waals surface area (Å²) < 4.78 is 46.8. The number of rotatable bonds is 5. The lowest BCUT2D eigenvalue weighted by molar-refractivity contribution is -0.145. The number of anilines is 1. The smallest absolute Gasteiger partial charge is 0.450 e. The Morgan fingerprint density at radius 1 is 1.10 bits per heavy atom. The van der Waals surface area contributed by atoms with Crippen LogP contribution in [0.3, 0.4) is 0 Å². The van der Waals surface area contributed by atoms with Gasteiger partial charge in [-0.25, -0.2) is 15.0 Å². The number of halogens is 3. The van der Waals surface area contributed by atoms with Crippen molar-refractivity contribution in [3.8, 4) is 11.6 Å². The molecule has 0 radical (unpaired) electrons. The average Bonchev–Trinajstić information content (AvgIpc) is 3.13. The van der Waals surface area contributed by atoms with Gasteiger partial charge >= 0.3 is 6.18 Å². The van der Waals surface area contributed by atoms with Crippen LogP contribution in [0, 0.1) is 6.92 Å². The number of aromatic nitrogens is 5. The molecule has 0 amide bonds. The van der Waals surface area contributed by atoms with E-state index < -0.39 is 12.0 Å². The van der Waals surface area contributed by atoms with Crippen LogP contribution in [0.25, 0.3) is 16.9 Å². The number of alkyl halides is 3. The molecule has 4 rings (SSSR count). The molecule has 0 saturated heterocycles. The molecular weight excluding hydrogens is 397 g/mol. The Hall–Kier alpha value is -3.69. The van der Waals surface area contributed by atoms with Crippen LogP contribution < -0.4 is 10.1 Å². The summed E-state index contributed by atoms with van der Waals surface area (Å²) in [5.74, 6) is -0.219. The van der Waals surface area contributed by atoms with Gasteiger partial charge in [0.15, 0.2) is 5.82 Å². The first-order valence-electron chi connectivity index (χ1n) is 8.97. The van der Waals surface area contributed by atoms with E-state index in [-0.39, 0.29) is 16.9 Å². The molecule has 7 nitrogen and oxygen atoms in total. The fourth-order valence-corrected chi connectivity index (χ4v) is 3.03. The number of aryl methyl sites for hydroxylation is 1. The number of methoxy groups -OCH3 is 1. The molecule has 0 fully saturated rings. The predicted octanol–water partition coefficient (Wildman–Crippen LogP) is 4.16. The van der Waals surface area contributed by atoms with Crippen molar-refractivity contribution < 1.29 is 17.9 Å². The summed E-state index contributed by atoms with van der Waals surface area (Å²) in [6, 6.07) is 8.28. The van der Waals surface area contributed by atoms with E-state index in [1.807, 2.05) is 19.1 Å². The first kappa shape index (κ1) is 19.6. The highest BCUT2D eigenvalue weighted by Gasteiger charge is 2.38. The summed E-state index contributed by atoms with van der Waals surface area (Å²) in [7, 11) is 1.44. The fourth-order valence-electron chi connectivity index (χ4n) is 3.03. The molecule has 0 bridgehead atoms. The van der Waals surface area contributed by atoms with Crippen molar-refractivity contribution in [1.82, 2.24) is 24.5 Å². The maximum atomic E-state index is 13.6. The molecule has 30 heavy (non-hydrogen) atoms. The Bertz CT molecular complexity index is 1190. The lowest BCUT2D eigenvalue weighted by atomic mass is 10.2. The lowest BCUT2D eigenvalue weighted by Gasteiger charge is -2.11. The zero-order valence-electron chi connectivity index (χ0n) is 16.1. The van der Waals surface area contributed by atoms with Crippen LogP contribution in [-0.2, 0) is 12.7 Å². The van der Waals surface area contributed by atoms with Crippen molar-refractivity contribution in [2.45, 2.75) is 19.6 Å². The number of imidazole rings is 1. The van der Waals surface area contributed by atoms with Gasteiger partial charge in [0.05, 0.1) is 30.5 Å². The maximum absolute atomic E-state index is 13.6. The van der Waals surface area contributed by atoms with Crippen molar-refractivity contribution in [2.24, 2.45) is 0 Å². The van der Waals surface area contributed by atoms with Gasteiger partial charge in [-0.15, -0.1) is 0 Å². The molecule has 3 aromatic heterocycles. The first-order valence-corrected chi connectivity index (χ1v) is 8.97. The summed E-state index contributed by atoms with van der Waals surface area (Å²) in [6.45, 7) is 2.36. The van der Waals surface area contributed by atoms with Crippen LogP contribution in [0.4, 0.5) is 19.0 Å². The molecule has 3 heterocycles. The zero-order chi connectivity index (χ0) is 21.3. The molecule has 4 aromatic rings. The van der Waals surface area contributed by atoms with E-state index in [0.717, 1.165) is 15.8 Å². The van der Waals surface area contributed by atoms with E-state index in [1.165, 1.54) is 31.6 Å². The third-order valence-electron chi connectivity index (χ3n) is 4.56. The van der Waals surface area contributed by atoms with Crippen LogP contribution in [-0.4, -0.2) is 31.6 Å². The van der Waals surface area contributed by atoms with Gasteiger partial charge in [-0.1, -0.05) is 6.07 Å². The highest BCUT2D eigenvalue weighted by Crippen LogP contribution is 2.34. The third kappa shape index (κ3) is 3.76. The minimum atomic E-state index is -4.66. The number of nitrogens with zero attached hydrogens (tertiary/aromatic N) is 5. The van der Waals surface area contributed by atoms with Gasteiger partial charge in [0.1, 0.15) is 11.6 Å². The molecule has 0 aliphatic carbocycles. The SMILES string of the molecule is COc1ccc2c(c1)nc(C(F)(F)F)n2-c1cnc(NCc2cccnc2C)cn1. The molecule has 154 valence electrons. The van der Waals surface area contributed by atoms with Gasteiger partial charge in [0.25, 0.3) is 0 Å². The van der Waals surface area contributed by atoms with Gasteiger partial charge in [-0.3, -0.25) is 9.55 Å². The maximum Gasteiger partial charge on any atom is 0.450 e. The summed E-state index contributed by atoms with van der Waals surface area (Å²) in [4.78, 5) is 16.3. The Labute approximate surface area is 169 Å². The Kier molecular flexibility index (Phi) is 4.98. The average molecular weight is 414 g/mol. The van der Waals surface area contributed by atoms with Gasteiger partial charge in [0, 0.05) is 24.5 Å². The molecule has 10 heteroatoms. The number of ether oxygens (including phenoxy) is 1. The van der Waals surface area contributed by atoms with Crippen LogP contribution >= 0.6 is 0 Å². The zero-order valence-corrected chi connectivity index (χ0v) is 16.1. The number of nitrogens with one attached hydrogen (secondary N) is 1. The highest BCUT2D eigenvalue weighted by molar-refractivity contribution is 5.79. The van der Waals surface area contributed by atoms with Crippen LogP contribution in [0.5, 0.6) is 5.75 Å². The summed E-state index contributed by atoms with van der Waals surface area (Å²) >= 11 is 0. The molecule has 0 saturated carbocycles. The topological polar surface area (TPSA) is 77.8 Å². The molecular formula is C20H17F3N6O. The minimum Gasteiger partial charge on any atom is -0.497 e. The van der Waals surface area contributed by atoms with Gasteiger partial charge in [0.2, 0.25) is 5.82 Å².